The Kier molecular flexibility index (Phi) is 4.97. The van der Waals surface area contributed by atoms with Gasteiger partial charge in [-0.1, -0.05) is 34.6 Å². The second-order valence-corrected chi connectivity index (χ2v) is 7.54. The van der Waals surface area contributed by atoms with Crippen LogP contribution in [0.25, 0.3) is 0 Å². The summed E-state index contributed by atoms with van der Waals surface area (Å²) >= 11 is 0. The van der Waals surface area contributed by atoms with Crippen molar-refractivity contribution >= 4 is 11.6 Å². The number of nitrogens with zero attached hydrogens (tertiary/aromatic N) is 2. The first-order valence-electron chi connectivity index (χ1n) is 7.16. The van der Waals surface area contributed by atoms with Crippen molar-refractivity contribution in [1.82, 2.24) is 9.97 Å². The van der Waals surface area contributed by atoms with Crippen LogP contribution in [0.3, 0.4) is 0 Å². The van der Waals surface area contributed by atoms with E-state index in [4.69, 9.17) is 5.84 Å². The second-order valence-electron chi connectivity index (χ2n) is 7.54. The summed E-state index contributed by atoms with van der Waals surface area (Å²) in [7, 11) is 0. The van der Waals surface area contributed by atoms with Gasteiger partial charge in [-0.2, -0.15) is 0 Å². The fraction of sp³-hybridized carbons (Fsp3) is 0.733. The van der Waals surface area contributed by atoms with Gasteiger partial charge in [-0.15, -0.1) is 0 Å². The summed E-state index contributed by atoms with van der Waals surface area (Å²) in [6.07, 6.45) is 1.03. The maximum Gasteiger partial charge on any atom is 0.145 e. The van der Waals surface area contributed by atoms with Crippen LogP contribution in [0.1, 0.15) is 66.6 Å². The maximum atomic E-state index is 5.49. The number of anilines is 2. The van der Waals surface area contributed by atoms with Crippen LogP contribution in [0.2, 0.25) is 0 Å². The van der Waals surface area contributed by atoms with Crippen LogP contribution in [-0.2, 0) is 0 Å². The number of nitrogen functional groups attached to an aromatic ring is 1. The second kappa shape index (κ2) is 5.95. The van der Waals surface area contributed by atoms with E-state index in [1.54, 1.807) is 0 Å². The third-order valence-electron chi connectivity index (χ3n) is 2.85. The van der Waals surface area contributed by atoms with E-state index in [2.05, 4.69) is 69.2 Å². The summed E-state index contributed by atoms with van der Waals surface area (Å²) in [5, 5.41) is 3.50. The first kappa shape index (κ1) is 16.7. The van der Waals surface area contributed by atoms with Crippen molar-refractivity contribution in [2.75, 3.05) is 10.7 Å². The van der Waals surface area contributed by atoms with E-state index in [0.717, 1.165) is 18.1 Å². The molecule has 0 aliphatic carbocycles. The quantitative estimate of drug-likeness (QED) is 0.568. The van der Waals surface area contributed by atoms with Crippen molar-refractivity contribution < 1.29 is 0 Å². The summed E-state index contributed by atoms with van der Waals surface area (Å²) in [4.78, 5) is 8.95. The first-order chi connectivity index (χ1) is 9.02. The highest BCUT2D eigenvalue weighted by Gasteiger charge is 2.26. The van der Waals surface area contributed by atoms with Gasteiger partial charge < -0.3 is 10.7 Å². The molecule has 0 saturated carbocycles. The smallest absolute Gasteiger partial charge is 0.145 e. The number of aromatic nitrogens is 2. The zero-order valence-corrected chi connectivity index (χ0v) is 13.8. The molecule has 0 radical (unpaired) electrons. The third kappa shape index (κ3) is 5.33. The van der Waals surface area contributed by atoms with E-state index in [-0.39, 0.29) is 16.9 Å². The molecule has 0 aliphatic heterocycles. The summed E-state index contributed by atoms with van der Waals surface area (Å²) in [6, 6.07) is 1.84. The average molecular weight is 279 g/mol. The molecule has 20 heavy (non-hydrogen) atoms. The number of hydrogen-bond donors (Lipinski definition) is 3. The van der Waals surface area contributed by atoms with Crippen LogP contribution in [0.5, 0.6) is 0 Å². The van der Waals surface area contributed by atoms with E-state index < -0.39 is 0 Å². The number of rotatable bonds is 5. The van der Waals surface area contributed by atoms with Crippen molar-refractivity contribution in [3.63, 3.8) is 0 Å². The van der Waals surface area contributed by atoms with Crippen LogP contribution < -0.4 is 16.6 Å². The Morgan fingerprint density at radius 1 is 1.10 bits per heavy atom. The van der Waals surface area contributed by atoms with Gasteiger partial charge in [0, 0.05) is 17.5 Å². The molecule has 1 rings (SSSR count). The summed E-state index contributed by atoms with van der Waals surface area (Å²) in [5.41, 5.74) is 2.81. The van der Waals surface area contributed by atoms with Crippen molar-refractivity contribution in [1.29, 1.82) is 0 Å². The van der Waals surface area contributed by atoms with Crippen molar-refractivity contribution in [2.45, 2.75) is 66.3 Å². The van der Waals surface area contributed by atoms with Crippen molar-refractivity contribution in [3.8, 4) is 0 Å². The summed E-state index contributed by atoms with van der Waals surface area (Å²) in [5.74, 6) is 7.98. The van der Waals surface area contributed by atoms with Crippen LogP contribution in [0, 0.1) is 5.41 Å². The Labute approximate surface area is 122 Å². The lowest BCUT2D eigenvalue weighted by Crippen LogP contribution is -2.36. The molecule has 0 unspecified atom stereocenters. The topological polar surface area (TPSA) is 75.9 Å². The zero-order chi connectivity index (χ0) is 15.6. The molecule has 0 fully saturated rings. The van der Waals surface area contributed by atoms with Gasteiger partial charge in [0.05, 0.1) is 0 Å². The highest BCUT2D eigenvalue weighted by molar-refractivity contribution is 5.48. The third-order valence-corrected chi connectivity index (χ3v) is 2.85. The van der Waals surface area contributed by atoms with E-state index in [1.807, 2.05) is 6.07 Å². The molecule has 0 saturated heterocycles. The molecular formula is C15H29N5. The molecule has 0 amide bonds. The molecule has 114 valence electrons. The van der Waals surface area contributed by atoms with Gasteiger partial charge in [-0.3, -0.25) is 0 Å². The Morgan fingerprint density at radius 2 is 1.65 bits per heavy atom. The van der Waals surface area contributed by atoms with Crippen molar-refractivity contribution in [2.24, 2.45) is 11.3 Å². The predicted molar refractivity (Wildman–Crippen MR) is 85.7 cm³/mol. The molecule has 0 atom stereocenters. The van der Waals surface area contributed by atoms with E-state index >= 15 is 0 Å². The van der Waals surface area contributed by atoms with Crippen LogP contribution in [0.15, 0.2) is 6.07 Å². The maximum absolute atomic E-state index is 5.49. The Hall–Kier alpha value is -1.36. The Bertz CT molecular complexity index is 446. The Balaban J connectivity index is 2.99. The van der Waals surface area contributed by atoms with Gasteiger partial charge in [0.1, 0.15) is 17.5 Å². The number of nitrogens with two attached hydrogens (primary N) is 1. The molecule has 0 aliphatic rings. The monoisotopic (exact) mass is 279 g/mol. The number of nitrogens with one attached hydrogen (secondary N) is 2. The molecular weight excluding hydrogens is 250 g/mol. The molecule has 0 aromatic carbocycles. The van der Waals surface area contributed by atoms with E-state index in [1.165, 1.54) is 0 Å². The normalized spacial score (nSPS) is 12.7. The molecule has 1 aromatic rings. The Morgan fingerprint density at radius 3 is 2.10 bits per heavy atom. The highest BCUT2D eigenvalue weighted by atomic mass is 15.3. The van der Waals surface area contributed by atoms with Gasteiger partial charge in [-0.25, -0.2) is 15.8 Å². The molecule has 5 heteroatoms. The molecule has 1 heterocycles. The van der Waals surface area contributed by atoms with Crippen molar-refractivity contribution in [3.05, 3.63) is 11.9 Å². The molecule has 0 bridgehead atoms. The van der Waals surface area contributed by atoms with Gasteiger partial charge in [-0.05, 0) is 25.7 Å². The van der Waals surface area contributed by atoms with Crippen LogP contribution in [0.4, 0.5) is 11.6 Å². The highest BCUT2D eigenvalue weighted by Crippen LogP contribution is 2.29. The molecule has 5 nitrogen and oxygen atoms in total. The largest absolute Gasteiger partial charge is 0.365 e. The standard InChI is InChI=1S/C15H29N5/c1-10(2)13-17-11(8-12(18-13)20-16)19-15(6,7)9-14(3,4)5/h8,10H,9,16H2,1-7H3,(H2,17,18,19,20). The minimum atomic E-state index is -0.0489. The average Bonchev–Trinajstić information content (AvgIpc) is 2.24. The van der Waals surface area contributed by atoms with E-state index in [9.17, 15) is 0 Å². The lowest BCUT2D eigenvalue weighted by molar-refractivity contribution is 0.302. The fourth-order valence-corrected chi connectivity index (χ4v) is 2.58. The minimum Gasteiger partial charge on any atom is -0.365 e. The van der Waals surface area contributed by atoms with E-state index in [0.29, 0.717) is 5.82 Å². The lowest BCUT2D eigenvalue weighted by atomic mass is 9.82. The summed E-state index contributed by atoms with van der Waals surface area (Å²) < 4.78 is 0. The summed E-state index contributed by atoms with van der Waals surface area (Å²) in [6.45, 7) is 15.2. The van der Waals surface area contributed by atoms with Gasteiger partial charge in [0.25, 0.3) is 0 Å². The predicted octanol–water partition coefficient (Wildman–Crippen LogP) is 3.51. The van der Waals surface area contributed by atoms with Gasteiger partial charge in [0.2, 0.25) is 0 Å². The first-order valence-corrected chi connectivity index (χ1v) is 7.16. The van der Waals surface area contributed by atoms with Crippen LogP contribution in [-0.4, -0.2) is 15.5 Å². The lowest BCUT2D eigenvalue weighted by Gasteiger charge is -2.34. The van der Waals surface area contributed by atoms with Gasteiger partial charge in [0.15, 0.2) is 0 Å². The fourth-order valence-electron chi connectivity index (χ4n) is 2.58. The van der Waals surface area contributed by atoms with Gasteiger partial charge >= 0.3 is 0 Å². The SMILES string of the molecule is CC(C)c1nc(NN)cc(NC(C)(C)CC(C)(C)C)n1. The number of hydrazine groups is 1. The zero-order valence-electron chi connectivity index (χ0n) is 13.8. The van der Waals surface area contributed by atoms with Crippen LogP contribution >= 0.6 is 0 Å². The minimum absolute atomic E-state index is 0.0489. The molecule has 1 aromatic heterocycles. The molecule has 0 spiro atoms. The molecule has 4 N–H and O–H groups in total. The number of hydrogen-bond acceptors (Lipinski definition) is 5.